The van der Waals surface area contributed by atoms with Crippen LogP contribution in [0.4, 0.5) is 13.2 Å². The van der Waals surface area contributed by atoms with Gasteiger partial charge in [0.25, 0.3) is 5.56 Å². The first-order valence-corrected chi connectivity index (χ1v) is 11.3. The Bertz CT molecular complexity index is 1390. The predicted octanol–water partition coefficient (Wildman–Crippen LogP) is 5.02. The Balaban J connectivity index is 1.51. The van der Waals surface area contributed by atoms with Crippen LogP contribution in [0.25, 0.3) is 11.0 Å². The second-order valence-electron chi connectivity index (χ2n) is 8.02. The third kappa shape index (κ3) is 6.29. The maximum atomic E-state index is 13.3. The van der Waals surface area contributed by atoms with Crippen LogP contribution in [0.2, 0.25) is 0 Å². The zero-order chi connectivity index (χ0) is 25.5. The fraction of sp³-hybridized carbons (Fsp3) is 0.222. The number of carbonyl (C=O) groups excluding carboxylic acids is 1. The number of hydrogen-bond donors (Lipinski definition) is 0. The Morgan fingerprint density at radius 2 is 1.61 bits per heavy atom. The van der Waals surface area contributed by atoms with Crippen LogP contribution in [0.1, 0.15) is 23.2 Å². The van der Waals surface area contributed by atoms with Crippen molar-refractivity contribution >= 4 is 17.0 Å². The minimum Gasteiger partial charge on any atom is -0.490 e. The number of benzene rings is 3. The fourth-order valence-corrected chi connectivity index (χ4v) is 3.69. The van der Waals surface area contributed by atoms with Crippen LogP contribution in [0.15, 0.2) is 83.7 Å². The molecule has 0 amide bonds. The number of fused-ring (bicyclic) bond motifs is 1. The second-order valence-corrected chi connectivity index (χ2v) is 8.02. The van der Waals surface area contributed by atoms with Gasteiger partial charge in [-0.25, -0.2) is 4.98 Å². The first-order valence-electron chi connectivity index (χ1n) is 11.3. The molecule has 0 radical (unpaired) electrons. The molecule has 0 spiro atoms. The Morgan fingerprint density at radius 3 is 2.31 bits per heavy atom. The van der Waals surface area contributed by atoms with E-state index in [1.54, 1.807) is 12.1 Å². The van der Waals surface area contributed by atoms with Crippen molar-refractivity contribution in [1.82, 2.24) is 9.55 Å². The van der Waals surface area contributed by atoms with E-state index in [-0.39, 0.29) is 49.3 Å². The summed E-state index contributed by atoms with van der Waals surface area (Å²) in [4.78, 5) is 29.6. The highest BCUT2D eigenvalue weighted by atomic mass is 19.4. The van der Waals surface area contributed by atoms with Crippen LogP contribution in [0, 0.1) is 0 Å². The predicted molar refractivity (Wildman–Crippen MR) is 128 cm³/mol. The average molecular weight is 496 g/mol. The summed E-state index contributed by atoms with van der Waals surface area (Å²) in [6.07, 6.45) is -4.77. The molecule has 0 bridgehead atoms. The molecule has 0 aliphatic carbocycles. The summed E-state index contributed by atoms with van der Waals surface area (Å²) in [5, 5.41) is 0. The van der Waals surface area contributed by atoms with Crippen LogP contribution in [0.5, 0.6) is 5.75 Å². The Kier molecular flexibility index (Phi) is 7.68. The number of halogens is 3. The number of para-hydroxylation sites is 1. The van der Waals surface area contributed by atoms with Crippen LogP contribution in [-0.2, 0) is 28.7 Å². The van der Waals surface area contributed by atoms with E-state index >= 15 is 0 Å². The molecule has 0 aliphatic rings. The standard InChI is InChI=1S/C27H23F3N2O4/c28-27(29,30)20-11-13-24-23(17-20)31-22(26(34)32(24)18-19-7-3-1-4-8-19)12-14-25(33)36-16-15-35-21-9-5-2-6-10-21/h1-11,13,17H,12,14-16,18H2. The van der Waals surface area contributed by atoms with E-state index in [9.17, 15) is 22.8 Å². The van der Waals surface area contributed by atoms with Gasteiger partial charge < -0.3 is 14.0 Å². The molecule has 1 heterocycles. The molecular formula is C27H23F3N2O4. The van der Waals surface area contributed by atoms with Crippen molar-refractivity contribution < 1.29 is 27.4 Å². The van der Waals surface area contributed by atoms with Crippen molar-refractivity contribution in [3.05, 3.63) is 106 Å². The third-order valence-electron chi connectivity index (χ3n) is 5.45. The number of hydrogen-bond acceptors (Lipinski definition) is 5. The summed E-state index contributed by atoms with van der Waals surface area (Å²) in [5.41, 5.74) is -0.227. The molecule has 0 fully saturated rings. The molecule has 0 unspecified atom stereocenters. The first kappa shape index (κ1) is 25.0. The maximum absolute atomic E-state index is 13.3. The number of alkyl halides is 3. The van der Waals surface area contributed by atoms with E-state index in [1.807, 2.05) is 48.5 Å². The normalized spacial score (nSPS) is 11.4. The lowest BCUT2D eigenvalue weighted by Gasteiger charge is -2.14. The number of rotatable bonds is 9. The van der Waals surface area contributed by atoms with Gasteiger partial charge in [0.05, 0.1) is 29.6 Å². The summed E-state index contributed by atoms with van der Waals surface area (Å²) in [6.45, 7) is 0.332. The molecule has 186 valence electrons. The van der Waals surface area contributed by atoms with Gasteiger partial charge in [0, 0.05) is 6.42 Å². The van der Waals surface area contributed by atoms with Gasteiger partial charge in [0.2, 0.25) is 0 Å². The highest BCUT2D eigenvalue weighted by Gasteiger charge is 2.31. The molecule has 9 heteroatoms. The first-order chi connectivity index (χ1) is 17.3. The summed E-state index contributed by atoms with van der Waals surface area (Å²) in [5.74, 6) is 0.0812. The number of esters is 1. The van der Waals surface area contributed by atoms with E-state index in [0.29, 0.717) is 5.75 Å². The molecule has 4 aromatic rings. The summed E-state index contributed by atoms with van der Waals surface area (Å²) in [7, 11) is 0. The smallest absolute Gasteiger partial charge is 0.416 e. The van der Waals surface area contributed by atoms with Crippen molar-refractivity contribution in [3.8, 4) is 5.75 Å². The van der Waals surface area contributed by atoms with Crippen molar-refractivity contribution in [3.63, 3.8) is 0 Å². The quantitative estimate of drug-likeness (QED) is 0.241. The number of carbonyl (C=O) groups is 1. The Hall–Kier alpha value is -4.14. The third-order valence-corrected chi connectivity index (χ3v) is 5.45. The van der Waals surface area contributed by atoms with Gasteiger partial charge in [-0.05, 0) is 35.9 Å². The van der Waals surface area contributed by atoms with Gasteiger partial charge in [-0.3, -0.25) is 9.59 Å². The molecule has 6 nitrogen and oxygen atoms in total. The number of aryl methyl sites for hydroxylation is 1. The average Bonchev–Trinajstić information content (AvgIpc) is 2.87. The van der Waals surface area contributed by atoms with Crippen molar-refractivity contribution in [2.24, 2.45) is 0 Å². The summed E-state index contributed by atoms with van der Waals surface area (Å²) < 4.78 is 51.9. The van der Waals surface area contributed by atoms with Gasteiger partial charge >= 0.3 is 12.1 Å². The SMILES string of the molecule is O=C(CCc1nc2cc(C(F)(F)F)ccc2n(Cc2ccccc2)c1=O)OCCOc1ccccc1. The molecular weight excluding hydrogens is 473 g/mol. The molecule has 0 N–H and O–H groups in total. The van der Waals surface area contributed by atoms with Crippen LogP contribution in [0.3, 0.4) is 0 Å². The van der Waals surface area contributed by atoms with Crippen molar-refractivity contribution in [2.75, 3.05) is 13.2 Å². The zero-order valence-electron chi connectivity index (χ0n) is 19.2. The van der Waals surface area contributed by atoms with Crippen LogP contribution >= 0.6 is 0 Å². The van der Waals surface area contributed by atoms with E-state index in [2.05, 4.69) is 4.98 Å². The largest absolute Gasteiger partial charge is 0.490 e. The zero-order valence-corrected chi connectivity index (χ0v) is 19.2. The molecule has 4 rings (SSSR count). The lowest BCUT2D eigenvalue weighted by atomic mass is 10.1. The highest BCUT2D eigenvalue weighted by Crippen LogP contribution is 2.31. The molecule has 0 saturated heterocycles. The van der Waals surface area contributed by atoms with E-state index in [4.69, 9.17) is 9.47 Å². The van der Waals surface area contributed by atoms with Gasteiger partial charge in [0.1, 0.15) is 24.7 Å². The number of nitrogens with zero attached hydrogens (tertiary/aromatic N) is 2. The van der Waals surface area contributed by atoms with E-state index in [1.165, 1.54) is 10.6 Å². The topological polar surface area (TPSA) is 70.4 Å². The fourth-order valence-electron chi connectivity index (χ4n) is 3.69. The molecule has 0 atom stereocenters. The summed E-state index contributed by atoms with van der Waals surface area (Å²) >= 11 is 0. The van der Waals surface area contributed by atoms with Crippen LogP contribution < -0.4 is 10.3 Å². The van der Waals surface area contributed by atoms with Crippen molar-refractivity contribution in [2.45, 2.75) is 25.6 Å². The Morgan fingerprint density at radius 1 is 0.917 bits per heavy atom. The molecule has 0 aliphatic heterocycles. The van der Waals surface area contributed by atoms with Gasteiger partial charge in [-0.2, -0.15) is 13.2 Å². The molecule has 36 heavy (non-hydrogen) atoms. The second kappa shape index (κ2) is 11.1. The number of ether oxygens (including phenoxy) is 2. The lowest BCUT2D eigenvalue weighted by Crippen LogP contribution is -2.27. The van der Waals surface area contributed by atoms with Gasteiger partial charge in [-0.15, -0.1) is 0 Å². The van der Waals surface area contributed by atoms with Crippen molar-refractivity contribution in [1.29, 1.82) is 0 Å². The lowest BCUT2D eigenvalue weighted by molar-refractivity contribution is -0.144. The summed E-state index contributed by atoms with van der Waals surface area (Å²) in [6, 6.07) is 21.2. The van der Waals surface area contributed by atoms with E-state index in [0.717, 1.165) is 17.7 Å². The monoisotopic (exact) mass is 496 g/mol. The highest BCUT2D eigenvalue weighted by molar-refractivity contribution is 5.76. The van der Waals surface area contributed by atoms with Gasteiger partial charge in [0.15, 0.2) is 0 Å². The number of aromatic nitrogens is 2. The molecule has 1 aromatic heterocycles. The molecule has 3 aromatic carbocycles. The minimum absolute atomic E-state index is 0.00441. The Labute approximate surface area is 204 Å². The van der Waals surface area contributed by atoms with Gasteiger partial charge in [-0.1, -0.05) is 48.5 Å². The van der Waals surface area contributed by atoms with E-state index < -0.39 is 23.3 Å². The maximum Gasteiger partial charge on any atom is 0.416 e. The minimum atomic E-state index is -4.55. The van der Waals surface area contributed by atoms with Crippen LogP contribution in [-0.4, -0.2) is 28.7 Å². The molecule has 0 saturated carbocycles.